The first-order valence-electron chi connectivity index (χ1n) is 4.22. The molecule has 0 fully saturated rings. The van der Waals surface area contributed by atoms with Crippen molar-refractivity contribution in [2.45, 2.75) is 13.3 Å². The Bertz CT molecular complexity index is 347. The van der Waals surface area contributed by atoms with E-state index in [0.717, 1.165) is 11.1 Å². The van der Waals surface area contributed by atoms with Gasteiger partial charge >= 0.3 is 0 Å². The van der Waals surface area contributed by atoms with Gasteiger partial charge < -0.3 is 10.8 Å². The molecule has 0 heterocycles. The number of nitrogens with two attached hydrogens (primary N) is 1. The van der Waals surface area contributed by atoms with Crippen molar-refractivity contribution in [3.8, 4) is 17.6 Å². The van der Waals surface area contributed by atoms with Gasteiger partial charge in [-0.3, -0.25) is 0 Å². The smallest absolute Gasteiger partial charge is 0.118 e. The third kappa shape index (κ3) is 2.81. The van der Waals surface area contributed by atoms with Gasteiger partial charge in [0, 0.05) is 18.5 Å². The number of hydrogen-bond acceptors (Lipinski definition) is 2. The molecule has 0 saturated heterocycles. The Morgan fingerprint density at radius 3 is 2.85 bits per heavy atom. The zero-order chi connectivity index (χ0) is 9.68. The molecule has 0 aliphatic carbocycles. The van der Waals surface area contributed by atoms with Crippen molar-refractivity contribution in [1.82, 2.24) is 0 Å². The number of phenolic OH excluding ortho intramolecular Hbond substituents is 1. The minimum absolute atomic E-state index is 0.310. The molecule has 1 aromatic rings. The molecule has 1 rings (SSSR count). The summed E-state index contributed by atoms with van der Waals surface area (Å²) in [6.45, 7) is 2.44. The first-order chi connectivity index (χ1) is 6.24. The second-order valence-corrected chi connectivity index (χ2v) is 2.84. The van der Waals surface area contributed by atoms with Crippen LogP contribution in [0.2, 0.25) is 0 Å². The first-order valence-corrected chi connectivity index (χ1v) is 4.22. The monoisotopic (exact) mass is 175 g/mol. The molecule has 1 aromatic carbocycles. The van der Waals surface area contributed by atoms with E-state index in [1.54, 1.807) is 12.1 Å². The summed E-state index contributed by atoms with van der Waals surface area (Å²) in [5.74, 6) is 6.22. The van der Waals surface area contributed by atoms with E-state index in [9.17, 15) is 5.11 Å². The van der Waals surface area contributed by atoms with E-state index in [1.165, 1.54) is 0 Å². The van der Waals surface area contributed by atoms with Crippen LogP contribution in [0.15, 0.2) is 18.2 Å². The zero-order valence-electron chi connectivity index (χ0n) is 7.67. The van der Waals surface area contributed by atoms with E-state index in [4.69, 9.17) is 5.73 Å². The molecule has 0 unspecified atom stereocenters. The van der Waals surface area contributed by atoms with Crippen molar-refractivity contribution in [2.24, 2.45) is 5.73 Å². The van der Waals surface area contributed by atoms with Crippen LogP contribution in [0.3, 0.4) is 0 Å². The fourth-order valence-electron chi connectivity index (χ4n) is 0.970. The predicted octanol–water partition coefficient (Wildman–Crippen LogP) is 1.40. The highest BCUT2D eigenvalue weighted by Gasteiger charge is 1.94. The van der Waals surface area contributed by atoms with Gasteiger partial charge in [0.15, 0.2) is 0 Å². The Kier molecular flexibility index (Phi) is 3.36. The molecule has 0 bridgehead atoms. The fraction of sp³-hybridized carbons (Fsp3) is 0.273. The van der Waals surface area contributed by atoms with Gasteiger partial charge in [-0.05, 0) is 30.7 Å². The number of rotatable bonds is 1. The summed E-state index contributed by atoms with van der Waals surface area (Å²) in [4.78, 5) is 0. The minimum atomic E-state index is 0.310. The highest BCUT2D eigenvalue weighted by Crippen LogP contribution is 2.15. The average molecular weight is 175 g/mol. The zero-order valence-corrected chi connectivity index (χ0v) is 7.67. The molecule has 0 atom stereocenters. The molecule has 0 aromatic heterocycles. The van der Waals surface area contributed by atoms with Gasteiger partial charge in [-0.1, -0.05) is 11.8 Å². The molecule has 0 saturated carbocycles. The van der Waals surface area contributed by atoms with Crippen LogP contribution in [0, 0.1) is 18.8 Å². The van der Waals surface area contributed by atoms with Crippen LogP contribution in [0.5, 0.6) is 5.75 Å². The number of benzene rings is 1. The van der Waals surface area contributed by atoms with Crippen LogP contribution >= 0.6 is 0 Å². The molecule has 0 aliphatic heterocycles. The van der Waals surface area contributed by atoms with E-state index < -0.39 is 0 Å². The lowest BCUT2D eigenvalue weighted by Gasteiger charge is -1.97. The lowest BCUT2D eigenvalue weighted by molar-refractivity contribution is 0.471. The Morgan fingerprint density at radius 2 is 2.23 bits per heavy atom. The molecule has 3 N–H and O–H groups in total. The van der Waals surface area contributed by atoms with Crippen molar-refractivity contribution in [1.29, 1.82) is 0 Å². The number of aromatic hydroxyl groups is 1. The van der Waals surface area contributed by atoms with Crippen LogP contribution in [0.1, 0.15) is 17.5 Å². The highest BCUT2D eigenvalue weighted by molar-refractivity contribution is 5.42. The minimum Gasteiger partial charge on any atom is -0.508 e. The topological polar surface area (TPSA) is 46.2 Å². The van der Waals surface area contributed by atoms with Crippen LogP contribution in [0.25, 0.3) is 0 Å². The second kappa shape index (κ2) is 4.54. The van der Waals surface area contributed by atoms with Gasteiger partial charge in [0.2, 0.25) is 0 Å². The van der Waals surface area contributed by atoms with Gasteiger partial charge in [0.1, 0.15) is 5.75 Å². The van der Waals surface area contributed by atoms with E-state index >= 15 is 0 Å². The van der Waals surface area contributed by atoms with Crippen LogP contribution in [-0.2, 0) is 0 Å². The van der Waals surface area contributed by atoms with Crippen molar-refractivity contribution in [3.63, 3.8) is 0 Å². The Balaban J connectivity index is 2.81. The Hall–Kier alpha value is -1.46. The van der Waals surface area contributed by atoms with Crippen molar-refractivity contribution < 1.29 is 5.11 Å². The number of aryl methyl sites for hydroxylation is 1. The molecular weight excluding hydrogens is 162 g/mol. The molecule has 13 heavy (non-hydrogen) atoms. The Morgan fingerprint density at radius 1 is 1.46 bits per heavy atom. The van der Waals surface area contributed by atoms with E-state index in [0.29, 0.717) is 18.7 Å². The quantitative estimate of drug-likeness (QED) is 0.634. The largest absolute Gasteiger partial charge is 0.508 e. The summed E-state index contributed by atoms with van der Waals surface area (Å²) in [6.07, 6.45) is 0.708. The lowest BCUT2D eigenvalue weighted by atomic mass is 10.1. The molecule has 0 radical (unpaired) electrons. The van der Waals surface area contributed by atoms with E-state index in [2.05, 4.69) is 11.8 Å². The van der Waals surface area contributed by atoms with Crippen molar-refractivity contribution in [3.05, 3.63) is 29.3 Å². The van der Waals surface area contributed by atoms with Gasteiger partial charge in [0.25, 0.3) is 0 Å². The number of phenols is 1. The number of hydrogen-bond donors (Lipinski definition) is 2. The third-order valence-electron chi connectivity index (χ3n) is 1.70. The summed E-state index contributed by atoms with van der Waals surface area (Å²) in [5.41, 5.74) is 7.07. The normalized spacial score (nSPS) is 9.08. The summed E-state index contributed by atoms with van der Waals surface area (Å²) in [6, 6.07) is 5.31. The lowest BCUT2D eigenvalue weighted by Crippen LogP contribution is -1.95. The van der Waals surface area contributed by atoms with Crippen LogP contribution in [0.4, 0.5) is 0 Å². The third-order valence-corrected chi connectivity index (χ3v) is 1.70. The summed E-state index contributed by atoms with van der Waals surface area (Å²) in [5, 5.41) is 9.25. The summed E-state index contributed by atoms with van der Waals surface area (Å²) in [7, 11) is 0. The summed E-state index contributed by atoms with van der Waals surface area (Å²) < 4.78 is 0. The highest BCUT2D eigenvalue weighted by atomic mass is 16.3. The molecule has 2 heteroatoms. The maximum atomic E-state index is 9.25. The van der Waals surface area contributed by atoms with Crippen molar-refractivity contribution in [2.75, 3.05) is 6.54 Å². The van der Waals surface area contributed by atoms with Crippen LogP contribution < -0.4 is 5.73 Å². The SMILES string of the molecule is Cc1cc(C#CCCN)ccc1O. The van der Waals surface area contributed by atoms with E-state index in [1.807, 2.05) is 13.0 Å². The fourth-order valence-corrected chi connectivity index (χ4v) is 0.970. The molecule has 2 nitrogen and oxygen atoms in total. The van der Waals surface area contributed by atoms with Gasteiger partial charge in [-0.25, -0.2) is 0 Å². The molecular formula is C11H13NO. The molecule has 68 valence electrons. The standard InChI is InChI=1S/C11H13NO/c1-9-8-10(4-2-3-7-12)5-6-11(9)13/h5-6,8,13H,3,7,12H2,1H3. The maximum Gasteiger partial charge on any atom is 0.118 e. The van der Waals surface area contributed by atoms with E-state index in [-0.39, 0.29) is 0 Å². The van der Waals surface area contributed by atoms with Gasteiger partial charge in [0.05, 0.1) is 0 Å². The average Bonchev–Trinajstić information content (AvgIpc) is 2.12. The van der Waals surface area contributed by atoms with Crippen LogP contribution in [-0.4, -0.2) is 11.7 Å². The van der Waals surface area contributed by atoms with Gasteiger partial charge in [-0.15, -0.1) is 0 Å². The Labute approximate surface area is 78.4 Å². The van der Waals surface area contributed by atoms with Gasteiger partial charge in [-0.2, -0.15) is 0 Å². The maximum absolute atomic E-state index is 9.25. The molecule has 0 spiro atoms. The first kappa shape index (κ1) is 9.63. The molecule has 0 aliphatic rings. The second-order valence-electron chi connectivity index (χ2n) is 2.84. The van der Waals surface area contributed by atoms with Crippen molar-refractivity contribution >= 4 is 0 Å². The molecule has 0 amide bonds. The predicted molar refractivity (Wildman–Crippen MR) is 53.4 cm³/mol. The summed E-state index contributed by atoms with van der Waals surface area (Å²) >= 11 is 0.